The van der Waals surface area contributed by atoms with Crippen molar-refractivity contribution in [2.75, 3.05) is 25.9 Å². The third-order valence-electron chi connectivity index (χ3n) is 3.86. The van der Waals surface area contributed by atoms with Crippen molar-refractivity contribution in [2.24, 2.45) is 5.41 Å². The van der Waals surface area contributed by atoms with Crippen LogP contribution in [0.1, 0.15) is 18.9 Å². The Hall–Kier alpha value is -1.26. The maximum atomic E-state index is 11.9. The van der Waals surface area contributed by atoms with Crippen LogP contribution in [0.15, 0.2) is 18.2 Å². The van der Waals surface area contributed by atoms with E-state index in [1.165, 1.54) is 0 Å². The highest BCUT2D eigenvalue weighted by molar-refractivity contribution is 6.31. The molecule has 0 radical (unpaired) electrons. The number of nitrogens with one attached hydrogen (secondary N) is 1. The lowest BCUT2D eigenvalue weighted by Gasteiger charge is -2.23. The van der Waals surface area contributed by atoms with Gasteiger partial charge >= 0.3 is 0 Å². The van der Waals surface area contributed by atoms with Crippen molar-refractivity contribution in [1.82, 2.24) is 10.2 Å². The fraction of sp³-hybridized carbons (Fsp3) is 0.500. The van der Waals surface area contributed by atoms with Gasteiger partial charge in [-0.3, -0.25) is 9.69 Å². The molecule has 2 rings (SSSR count). The Kier molecular flexibility index (Phi) is 4.02. The van der Waals surface area contributed by atoms with Crippen molar-refractivity contribution in [3.63, 3.8) is 0 Å². The number of rotatable bonds is 3. The standard InChI is InChI=1S/C14H20ClN3O/c1-14(13(19)17-2)6-7-18(9-14)8-10-11(15)4-3-5-12(10)16/h3-5H,6-9,16H2,1-2H3,(H,17,19). The van der Waals surface area contributed by atoms with E-state index in [1.54, 1.807) is 7.05 Å². The maximum absolute atomic E-state index is 11.9. The van der Waals surface area contributed by atoms with Gasteiger partial charge in [-0.2, -0.15) is 0 Å². The van der Waals surface area contributed by atoms with Crippen LogP contribution in [0, 0.1) is 5.41 Å². The molecule has 5 heteroatoms. The predicted molar refractivity (Wildman–Crippen MR) is 77.9 cm³/mol. The summed E-state index contributed by atoms with van der Waals surface area (Å²) < 4.78 is 0. The fourth-order valence-electron chi connectivity index (χ4n) is 2.64. The molecule has 0 bridgehead atoms. The summed E-state index contributed by atoms with van der Waals surface area (Å²) in [5.74, 6) is 0.0992. The number of nitrogen functional groups attached to an aromatic ring is 1. The predicted octanol–water partition coefficient (Wildman–Crippen LogP) is 1.88. The van der Waals surface area contributed by atoms with Crippen molar-refractivity contribution in [2.45, 2.75) is 19.9 Å². The average Bonchev–Trinajstić information content (AvgIpc) is 2.76. The van der Waals surface area contributed by atoms with Crippen molar-refractivity contribution in [1.29, 1.82) is 0 Å². The zero-order valence-electron chi connectivity index (χ0n) is 11.4. The molecule has 1 fully saturated rings. The quantitative estimate of drug-likeness (QED) is 0.832. The first-order valence-electron chi connectivity index (χ1n) is 6.44. The molecular formula is C14H20ClN3O. The maximum Gasteiger partial charge on any atom is 0.227 e. The van der Waals surface area contributed by atoms with Crippen LogP contribution in [0.4, 0.5) is 5.69 Å². The molecule has 19 heavy (non-hydrogen) atoms. The van der Waals surface area contributed by atoms with Gasteiger partial charge in [0.2, 0.25) is 5.91 Å². The van der Waals surface area contributed by atoms with E-state index >= 15 is 0 Å². The van der Waals surface area contributed by atoms with Gasteiger partial charge in [0.15, 0.2) is 0 Å². The van der Waals surface area contributed by atoms with E-state index in [4.69, 9.17) is 17.3 Å². The third-order valence-corrected chi connectivity index (χ3v) is 4.22. The minimum absolute atomic E-state index is 0.0992. The normalized spacial score (nSPS) is 23.5. The van der Waals surface area contributed by atoms with E-state index < -0.39 is 0 Å². The monoisotopic (exact) mass is 281 g/mol. The molecule has 1 atom stereocenters. The summed E-state index contributed by atoms with van der Waals surface area (Å²) in [7, 11) is 1.68. The Bertz CT molecular complexity index is 471. The minimum atomic E-state index is -0.315. The van der Waals surface area contributed by atoms with Crippen LogP contribution in [-0.2, 0) is 11.3 Å². The Balaban J connectivity index is 2.09. The summed E-state index contributed by atoms with van der Waals surface area (Å²) in [6.07, 6.45) is 0.858. The zero-order valence-corrected chi connectivity index (χ0v) is 12.1. The highest BCUT2D eigenvalue weighted by atomic mass is 35.5. The molecule has 1 aromatic rings. The lowest BCUT2D eigenvalue weighted by atomic mass is 9.89. The second kappa shape index (κ2) is 5.39. The van der Waals surface area contributed by atoms with Crippen LogP contribution in [0.2, 0.25) is 5.02 Å². The summed E-state index contributed by atoms with van der Waals surface area (Å²) in [6, 6.07) is 5.55. The minimum Gasteiger partial charge on any atom is -0.398 e. The second-order valence-corrected chi connectivity index (χ2v) is 5.82. The lowest BCUT2D eigenvalue weighted by molar-refractivity contribution is -0.129. The van der Waals surface area contributed by atoms with E-state index in [-0.39, 0.29) is 11.3 Å². The Morgan fingerprint density at radius 3 is 2.95 bits per heavy atom. The average molecular weight is 282 g/mol. The van der Waals surface area contributed by atoms with E-state index in [2.05, 4.69) is 10.2 Å². The molecule has 3 N–H and O–H groups in total. The first kappa shape index (κ1) is 14.2. The molecule has 0 spiro atoms. The number of amides is 1. The first-order chi connectivity index (χ1) is 8.96. The molecule has 0 aliphatic carbocycles. The molecule has 1 heterocycles. The van der Waals surface area contributed by atoms with E-state index in [1.807, 2.05) is 25.1 Å². The topological polar surface area (TPSA) is 58.4 Å². The van der Waals surface area contributed by atoms with Gasteiger partial charge in [0.25, 0.3) is 0 Å². The van der Waals surface area contributed by atoms with Crippen LogP contribution in [0.25, 0.3) is 0 Å². The molecule has 0 saturated carbocycles. The van der Waals surface area contributed by atoms with E-state index in [0.29, 0.717) is 17.3 Å². The smallest absolute Gasteiger partial charge is 0.227 e. The Morgan fingerprint density at radius 2 is 2.32 bits per heavy atom. The van der Waals surface area contributed by atoms with Crippen LogP contribution in [-0.4, -0.2) is 30.9 Å². The van der Waals surface area contributed by atoms with Gasteiger partial charge in [-0.05, 0) is 32.0 Å². The number of hydrogen-bond donors (Lipinski definition) is 2. The number of halogens is 1. The number of likely N-dealkylation sites (tertiary alicyclic amines) is 1. The summed E-state index contributed by atoms with van der Waals surface area (Å²) >= 11 is 6.18. The molecule has 1 saturated heterocycles. The molecular weight excluding hydrogens is 262 g/mol. The van der Waals surface area contributed by atoms with Gasteiger partial charge in [0.1, 0.15) is 0 Å². The van der Waals surface area contributed by atoms with E-state index in [0.717, 1.165) is 25.1 Å². The third kappa shape index (κ3) is 2.85. The number of carbonyl (C=O) groups is 1. The SMILES string of the molecule is CNC(=O)C1(C)CCN(Cc2c(N)cccc2Cl)C1. The molecule has 4 nitrogen and oxygen atoms in total. The Morgan fingerprint density at radius 1 is 1.58 bits per heavy atom. The largest absolute Gasteiger partial charge is 0.398 e. The van der Waals surface area contributed by atoms with Crippen LogP contribution >= 0.6 is 11.6 Å². The summed E-state index contributed by atoms with van der Waals surface area (Å²) in [5, 5.41) is 3.43. The zero-order chi connectivity index (χ0) is 14.0. The van der Waals surface area contributed by atoms with Gasteiger partial charge in [-0.15, -0.1) is 0 Å². The molecule has 104 valence electrons. The molecule has 1 aliphatic rings. The van der Waals surface area contributed by atoms with Crippen LogP contribution in [0.5, 0.6) is 0 Å². The van der Waals surface area contributed by atoms with Crippen LogP contribution in [0.3, 0.4) is 0 Å². The molecule has 1 unspecified atom stereocenters. The number of hydrogen-bond acceptors (Lipinski definition) is 3. The van der Waals surface area contributed by atoms with Gasteiger partial charge in [-0.1, -0.05) is 17.7 Å². The molecule has 1 amide bonds. The highest BCUT2D eigenvalue weighted by Crippen LogP contribution is 2.33. The number of benzene rings is 1. The van der Waals surface area contributed by atoms with Gasteiger partial charge in [0.05, 0.1) is 5.41 Å². The highest BCUT2D eigenvalue weighted by Gasteiger charge is 2.39. The Labute approximate surface area is 118 Å². The number of nitrogens with two attached hydrogens (primary N) is 1. The van der Waals surface area contributed by atoms with Crippen LogP contribution < -0.4 is 11.1 Å². The van der Waals surface area contributed by atoms with E-state index in [9.17, 15) is 4.79 Å². The van der Waals surface area contributed by atoms with Gasteiger partial charge < -0.3 is 11.1 Å². The molecule has 1 aromatic carbocycles. The van der Waals surface area contributed by atoms with Crippen molar-refractivity contribution >= 4 is 23.2 Å². The summed E-state index contributed by atoms with van der Waals surface area (Å²) in [4.78, 5) is 14.1. The first-order valence-corrected chi connectivity index (χ1v) is 6.81. The van der Waals surface area contributed by atoms with Crippen molar-refractivity contribution in [3.8, 4) is 0 Å². The fourth-order valence-corrected chi connectivity index (χ4v) is 2.89. The van der Waals surface area contributed by atoms with Gasteiger partial charge in [0, 0.05) is 36.4 Å². The van der Waals surface area contributed by atoms with Crippen molar-refractivity contribution in [3.05, 3.63) is 28.8 Å². The van der Waals surface area contributed by atoms with Gasteiger partial charge in [-0.25, -0.2) is 0 Å². The number of nitrogens with zero attached hydrogens (tertiary/aromatic N) is 1. The number of carbonyl (C=O) groups excluding carboxylic acids is 1. The molecule has 0 aromatic heterocycles. The van der Waals surface area contributed by atoms with Crippen molar-refractivity contribution < 1.29 is 4.79 Å². The summed E-state index contributed by atoms with van der Waals surface area (Å²) in [5.41, 5.74) is 7.31. The lowest BCUT2D eigenvalue weighted by Crippen LogP contribution is -2.39. The molecule has 1 aliphatic heterocycles. The summed E-state index contributed by atoms with van der Waals surface area (Å²) in [6.45, 7) is 4.31. The number of anilines is 1. The second-order valence-electron chi connectivity index (χ2n) is 5.41.